The number of hydrogen-bond donors (Lipinski definition) is 0. The summed E-state index contributed by atoms with van der Waals surface area (Å²) in [4.78, 5) is 0. The van der Waals surface area contributed by atoms with E-state index in [1.54, 1.807) is 0 Å². The van der Waals surface area contributed by atoms with Crippen LogP contribution in [-0.4, -0.2) is 19.5 Å². The molecule has 0 aromatic rings. The van der Waals surface area contributed by atoms with Crippen molar-refractivity contribution in [3.63, 3.8) is 0 Å². The van der Waals surface area contributed by atoms with Crippen LogP contribution in [0.3, 0.4) is 0 Å². The van der Waals surface area contributed by atoms with Crippen LogP contribution in [0.5, 0.6) is 0 Å². The third-order valence-corrected chi connectivity index (χ3v) is 1.46. The van der Waals surface area contributed by atoms with Crippen molar-refractivity contribution in [2.24, 2.45) is 0 Å². The second-order valence-corrected chi connectivity index (χ2v) is 2.44. The van der Waals surface area contributed by atoms with Gasteiger partial charge in [-0.05, 0) is 13.1 Å². The molecular weight excluding hydrogens is 112 g/mol. The molecule has 2 nitrogen and oxygen atoms in total. The van der Waals surface area contributed by atoms with Crippen LogP contribution in [-0.2, 0) is 9.15 Å². The first-order chi connectivity index (χ1) is 2.91. The average Bonchev–Trinajstić information content (AvgIpc) is 1.61. The fourth-order valence-electron chi connectivity index (χ4n) is 0.167. The highest BCUT2D eigenvalue weighted by Crippen LogP contribution is 1.67. The van der Waals surface area contributed by atoms with Gasteiger partial charge in [-0.2, -0.15) is 0 Å². The molecule has 4 heteroatoms. The fourth-order valence-corrected chi connectivity index (χ4v) is 1.50. The van der Waals surface area contributed by atoms with Crippen LogP contribution in [0.4, 0.5) is 0 Å². The van der Waals surface area contributed by atoms with Crippen LogP contribution >= 0.6 is 0 Å². The largest absolute Gasteiger partial charge is 0.306 e. The van der Waals surface area contributed by atoms with Gasteiger partial charge in [-0.3, -0.25) is 0 Å². The molecule has 0 radical (unpaired) electrons. The van der Waals surface area contributed by atoms with Crippen molar-refractivity contribution < 1.29 is 9.15 Å². The maximum Gasteiger partial charge on any atom is 0.204 e. The van der Waals surface area contributed by atoms with E-state index in [9.17, 15) is 0 Å². The van der Waals surface area contributed by atoms with Crippen molar-refractivity contribution in [2.45, 2.75) is 13.1 Å². The van der Waals surface area contributed by atoms with Crippen LogP contribution in [0.2, 0.25) is 13.1 Å². The summed E-state index contributed by atoms with van der Waals surface area (Å²) in [5, 5.41) is 0. The molecule has 0 aromatic heterocycles. The quantitative estimate of drug-likeness (QED) is 0.211. The lowest BCUT2D eigenvalue weighted by Gasteiger charge is -1.93. The Bertz CT molecular complexity index is 21.5. The van der Waals surface area contributed by atoms with Crippen molar-refractivity contribution in [3.05, 3.63) is 0 Å². The van der Waals surface area contributed by atoms with Crippen molar-refractivity contribution in [2.75, 3.05) is 0 Å². The Morgan fingerprint density at radius 3 is 1.50 bits per heavy atom. The van der Waals surface area contributed by atoms with Gasteiger partial charge in [0.1, 0.15) is 0 Å². The highest BCUT2D eigenvalue weighted by molar-refractivity contribution is 6.27. The molecule has 0 aliphatic heterocycles. The molecule has 0 amide bonds. The molecule has 0 spiro atoms. The third kappa shape index (κ3) is 4.35. The van der Waals surface area contributed by atoms with Crippen LogP contribution in [0.1, 0.15) is 0 Å². The summed E-state index contributed by atoms with van der Waals surface area (Å²) < 4.78 is 9.37. The second-order valence-electron chi connectivity index (χ2n) is 0.813. The van der Waals surface area contributed by atoms with Gasteiger partial charge in [0.25, 0.3) is 0 Å². The van der Waals surface area contributed by atoms with E-state index in [1.807, 2.05) is 13.1 Å². The molecule has 0 N–H and O–H groups in total. The van der Waals surface area contributed by atoms with Gasteiger partial charge in [-0.1, -0.05) is 0 Å². The van der Waals surface area contributed by atoms with Gasteiger partial charge in [-0.15, -0.1) is 0 Å². The van der Waals surface area contributed by atoms with Crippen LogP contribution in [0.15, 0.2) is 0 Å². The van der Waals surface area contributed by atoms with E-state index in [4.69, 9.17) is 0 Å². The zero-order valence-corrected chi connectivity index (χ0v) is 7.06. The van der Waals surface area contributed by atoms with Gasteiger partial charge in [0.15, 0.2) is 0 Å². The Morgan fingerprint density at radius 2 is 1.33 bits per heavy atom. The van der Waals surface area contributed by atoms with E-state index in [-0.39, 0.29) is 19.5 Å². The fraction of sp³-hybridized carbons (Fsp3) is 1.00. The molecule has 0 aliphatic carbocycles. The normalized spacial score (nSPS) is 13.0. The monoisotopic (exact) mass is 122 g/mol. The molecule has 0 unspecified atom stereocenters. The lowest BCUT2D eigenvalue weighted by molar-refractivity contribution is -0.0967. The SMILES string of the molecule is C[SiH2]OO[SiH2]C. The molecule has 0 heterocycles. The molecule has 0 rings (SSSR count). The Hall–Kier alpha value is 0.354. The predicted octanol–water partition coefficient (Wildman–Crippen LogP) is -0.802. The van der Waals surface area contributed by atoms with Crippen molar-refractivity contribution >= 4 is 19.5 Å². The van der Waals surface area contributed by atoms with Crippen molar-refractivity contribution in [1.29, 1.82) is 0 Å². The van der Waals surface area contributed by atoms with E-state index in [2.05, 4.69) is 9.15 Å². The molecule has 0 saturated carbocycles. The minimum absolute atomic E-state index is 0.285. The summed E-state index contributed by atoms with van der Waals surface area (Å²) >= 11 is 0. The summed E-state index contributed by atoms with van der Waals surface area (Å²) in [6, 6.07) is 0. The minimum atomic E-state index is -0.285. The first-order valence-electron chi connectivity index (χ1n) is 2.16. The lowest BCUT2D eigenvalue weighted by Crippen LogP contribution is -1.96. The second kappa shape index (κ2) is 5.35. The Morgan fingerprint density at radius 1 is 1.00 bits per heavy atom. The summed E-state index contributed by atoms with van der Waals surface area (Å²) in [5.41, 5.74) is 0. The maximum absolute atomic E-state index is 4.68. The Labute approximate surface area is 42.7 Å². The van der Waals surface area contributed by atoms with Gasteiger partial charge in [-0.25, -0.2) is 0 Å². The maximum atomic E-state index is 4.68. The molecule has 0 fully saturated rings. The standard InChI is InChI=1S/C2H10O2Si2/c1-5-3-4-6-2/h5-6H2,1-2H3. The topological polar surface area (TPSA) is 18.5 Å². The third-order valence-electron chi connectivity index (χ3n) is 0.319. The summed E-state index contributed by atoms with van der Waals surface area (Å²) in [7, 11) is -0.569. The van der Waals surface area contributed by atoms with E-state index in [0.29, 0.717) is 0 Å². The summed E-state index contributed by atoms with van der Waals surface area (Å²) in [6.07, 6.45) is 0. The Kier molecular flexibility index (Phi) is 5.67. The number of hydrogen-bond acceptors (Lipinski definition) is 2. The molecule has 0 atom stereocenters. The van der Waals surface area contributed by atoms with Crippen LogP contribution in [0.25, 0.3) is 0 Å². The van der Waals surface area contributed by atoms with E-state index in [1.165, 1.54) is 0 Å². The van der Waals surface area contributed by atoms with Crippen molar-refractivity contribution in [3.8, 4) is 0 Å². The smallest absolute Gasteiger partial charge is 0.204 e. The van der Waals surface area contributed by atoms with Gasteiger partial charge in [0.2, 0.25) is 19.5 Å². The zero-order valence-electron chi connectivity index (χ0n) is 4.23. The molecule has 38 valence electrons. The minimum Gasteiger partial charge on any atom is -0.306 e. The lowest BCUT2D eigenvalue weighted by atomic mass is 11.9. The first-order valence-corrected chi connectivity index (χ1v) is 6.14. The molecule has 0 saturated heterocycles. The summed E-state index contributed by atoms with van der Waals surface area (Å²) in [5.74, 6) is 0. The van der Waals surface area contributed by atoms with Gasteiger partial charge in [0.05, 0.1) is 0 Å². The molecule has 6 heavy (non-hydrogen) atoms. The predicted molar refractivity (Wildman–Crippen MR) is 31.0 cm³/mol. The zero-order chi connectivity index (χ0) is 4.83. The van der Waals surface area contributed by atoms with E-state index in [0.717, 1.165) is 0 Å². The molecule has 0 aromatic carbocycles. The Balaban J connectivity index is 2.34. The van der Waals surface area contributed by atoms with E-state index >= 15 is 0 Å². The van der Waals surface area contributed by atoms with E-state index < -0.39 is 0 Å². The summed E-state index contributed by atoms with van der Waals surface area (Å²) in [6.45, 7) is 4.09. The van der Waals surface area contributed by atoms with Crippen molar-refractivity contribution in [1.82, 2.24) is 0 Å². The van der Waals surface area contributed by atoms with Gasteiger partial charge < -0.3 is 9.15 Å². The highest BCUT2D eigenvalue weighted by Gasteiger charge is 1.73. The first kappa shape index (κ1) is 6.35. The number of rotatable bonds is 3. The average molecular weight is 122 g/mol. The highest BCUT2D eigenvalue weighted by atomic mass is 28.2. The van der Waals surface area contributed by atoms with Gasteiger partial charge in [0, 0.05) is 0 Å². The molecule has 0 aliphatic rings. The van der Waals surface area contributed by atoms with Gasteiger partial charge >= 0.3 is 0 Å². The molecule has 0 bridgehead atoms. The molecular formula is C2H10O2Si2. The van der Waals surface area contributed by atoms with Crippen LogP contribution < -0.4 is 0 Å². The van der Waals surface area contributed by atoms with Crippen LogP contribution in [0, 0.1) is 0 Å².